The molecule has 0 bridgehead atoms. The summed E-state index contributed by atoms with van der Waals surface area (Å²) < 4.78 is 18.0. The predicted octanol–water partition coefficient (Wildman–Crippen LogP) is 3.54. The summed E-state index contributed by atoms with van der Waals surface area (Å²) in [6.45, 7) is 2.55. The zero-order chi connectivity index (χ0) is 13.4. The molecule has 0 saturated carbocycles. The minimum atomic E-state index is -0.522. The van der Waals surface area contributed by atoms with E-state index in [4.69, 9.17) is 10.5 Å². The average molecular weight is 253 g/mol. The molecule has 1 aromatic carbocycles. The first kappa shape index (κ1) is 14.5. The van der Waals surface area contributed by atoms with E-state index in [1.807, 2.05) is 0 Å². The molecular weight excluding hydrogens is 233 g/mol. The first-order chi connectivity index (χ1) is 8.65. The smallest absolute Gasteiger partial charge is 0.338 e. The van der Waals surface area contributed by atoms with Crippen LogP contribution in [0.2, 0.25) is 0 Å². The Balaban J connectivity index is 2.30. The number of hydrogen-bond donors (Lipinski definition) is 1. The molecule has 0 aromatic heterocycles. The van der Waals surface area contributed by atoms with Crippen molar-refractivity contribution in [3.05, 3.63) is 29.6 Å². The third kappa shape index (κ3) is 4.73. The molecular formula is C14H20FNO2. The second-order valence-corrected chi connectivity index (χ2v) is 4.29. The van der Waals surface area contributed by atoms with Gasteiger partial charge in [-0.15, -0.1) is 0 Å². The van der Waals surface area contributed by atoms with Gasteiger partial charge in [-0.1, -0.05) is 32.6 Å². The molecule has 1 aromatic rings. The largest absolute Gasteiger partial charge is 0.462 e. The maximum Gasteiger partial charge on any atom is 0.338 e. The zero-order valence-electron chi connectivity index (χ0n) is 10.7. The van der Waals surface area contributed by atoms with Crippen LogP contribution in [0.5, 0.6) is 0 Å². The van der Waals surface area contributed by atoms with E-state index in [0.29, 0.717) is 12.2 Å². The molecule has 0 spiro atoms. The van der Waals surface area contributed by atoms with Crippen molar-refractivity contribution in [2.45, 2.75) is 39.0 Å². The van der Waals surface area contributed by atoms with Crippen molar-refractivity contribution in [3.63, 3.8) is 0 Å². The SMILES string of the molecule is CCCCCCCOC(=O)c1ccc(F)c(N)c1. The Hall–Kier alpha value is -1.58. The first-order valence-electron chi connectivity index (χ1n) is 6.37. The number of carbonyl (C=O) groups is 1. The van der Waals surface area contributed by atoms with Crippen molar-refractivity contribution in [2.75, 3.05) is 12.3 Å². The lowest BCUT2D eigenvalue weighted by molar-refractivity contribution is 0.0497. The fraction of sp³-hybridized carbons (Fsp3) is 0.500. The summed E-state index contributed by atoms with van der Waals surface area (Å²) in [6, 6.07) is 3.85. The molecule has 18 heavy (non-hydrogen) atoms. The number of halogens is 1. The average Bonchev–Trinajstić information content (AvgIpc) is 2.36. The van der Waals surface area contributed by atoms with E-state index in [9.17, 15) is 9.18 Å². The molecule has 0 heterocycles. The molecule has 0 unspecified atom stereocenters. The first-order valence-corrected chi connectivity index (χ1v) is 6.37. The minimum absolute atomic E-state index is 0.0348. The van der Waals surface area contributed by atoms with E-state index >= 15 is 0 Å². The van der Waals surface area contributed by atoms with Gasteiger partial charge in [0.15, 0.2) is 0 Å². The van der Waals surface area contributed by atoms with Crippen LogP contribution in [0.15, 0.2) is 18.2 Å². The number of carbonyl (C=O) groups excluding carboxylic acids is 1. The third-order valence-corrected chi connectivity index (χ3v) is 2.71. The third-order valence-electron chi connectivity index (χ3n) is 2.71. The lowest BCUT2D eigenvalue weighted by Crippen LogP contribution is -2.07. The van der Waals surface area contributed by atoms with Gasteiger partial charge in [0.2, 0.25) is 0 Å². The Kier molecular flexibility index (Phi) is 6.19. The fourth-order valence-corrected chi connectivity index (χ4v) is 1.62. The van der Waals surface area contributed by atoms with Gasteiger partial charge in [-0.3, -0.25) is 0 Å². The van der Waals surface area contributed by atoms with Gasteiger partial charge < -0.3 is 10.5 Å². The second kappa shape index (κ2) is 7.69. The normalized spacial score (nSPS) is 10.3. The van der Waals surface area contributed by atoms with Gasteiger partial charge in [0.1, 0.15) is 5.82 Å². The molecule has 0 aliphatic heterocycles. The van der Waals surface area contributed by atoms with Crippen molar-refractivity contribution >= 4 is 11.7 Å². The highest BCUT2D eigenvalue weighted by Crippen LogP contribution is 2.13. The highest BCUT2D eigenvalue weighted by atomic mass is 19.1. The van der Waals surface area contributed by atoms with E-state index in [1.165, 1.54) is 31.0 Å². The number of ether oxygens (including phenoxy) is 1. The Morgan fingerprint density at radius 1 is 1.28 bits per heavy atom. The molecule has 0 radical (unpaired) electrons. The lowest BCUT2D eigenvalue weighted by Gasteiger charge is -2.05. The molecule has 0 aliphatic rings. The van der Waals surface area contributed by atoms with Crippen LogP contribution in [0.4, 0.5) is 10.1 Å². The topological polar surface area (TPSA) is 52.3 Å². The molecule has 2 N–H and O–H groups in total. The van der Waals surface area contributed by atoms with E-state index in [0.717, 1.165) is 19.3 Å². The summed E-state index contributed by atoms with van der Waals surface area (Å²) in [5.74, 6) is -0.969. The molecule has 0 fully saturated rings. The molecule has 0 amide bonds. The Labute approximate surface area is 107 Å². The van der Waals surface area contributed by atoms with Crippen molar-refractivity contribution in [2.24, 2.45) is 0 Å². The van der Waals surface area contributed by atoms with Crippen LogP contribution in [-0.2, 0) is 4.74 Å². The monoisotopic (exact) mass is 253 g/mol. The van der Waals surface area contributed by atoms with E-state index in [-0.39, 0.29) is 5.69 Å². The summed E-state index contributed by atoms with van der Waals surface area (Å²) in [6.07, 6.45) is 5.49. The van der Waals surface area contributed by atoms with Gasteiger partial charge >= 0.3 is 5.97 Å². The van der Waals surface area contributed by atoms with E-state index in [1.54, 1.807) is 0 Å². The molecule has 0 aliphatic carbocycles. The van der Waals surface area contributed by atoms with Gasteiger partial charge in [-0.25, -0.2) is 9.18 Å². The number of rotatable bonds is 7. The standard InChI is InChI=1S/C14H20FNO2/c1-2-3-4-5-6-9-18-14(17)11-7-8-12(15)13(16)10-11/h7-8,10H,2-6,9,16H2,1H3. The molecule has 4 heteroatoms. The van der Waals surface area contributed by atoms with Gasteiger partial charge in [-0.2, -0.15) is 0 Å². The molecule has 0 saturated heterocycles. The number of nitrogens with two attached hydrogens (primary N) is 1. The summed E-state index contributed by atoms with van der Waals surface area (Å²) in [5.41, 5.74) is 5.64. The van der Waals surface area contributed by atoms with Crippen LogP contribution in [-0.4, -0.2) is 12.6 Å². The Morgan fingerprint density at radius 2 is 2.00 bits per heavy atom. The molecule has 3 nitrogen and oxygen atoms in total. The van der Waals surface area contributed by atoms with Crippen LogP contribution < -0.4 is 5.73 Å². The zero-order valence-corrected chi connectivity index (χ0v) is 10.7. The second-order valence-electron chi connectivity index (χ2n) is 4.29. The van der Waals surface area contributed by atoms with Gasteiger partial charge in [0.05, 0.1) is 17.9 Å². The van der Waals surface area contributed by atoms with Gasteiger partial charge in [0, 0.05) is 0 Å². The van der Waals surface area contributed by atoms with Crippen molar-refractivity contribution < 1.29 is 13.9 Å². The number of hydrogen-bond acceptors (Lipinski definition) is 3. The number of benzene rings is 1. The maximum atomic E-state index is 12.9. The number of nitrogen functional groups attached to an aromatic ring is 1. The quantitative estimate of drug-likeness (QED) is 0.459. The van der Waals surface area contributed by atoms with E-state index < -0.39 is 11.8 Å². The summed E-state index contributed by atoms with van der Waals surface area (Å²) in [7, 11) is 0. The van der Waals surface area contributed by atoms with Gasteiger partial charge in [0.25, 0.3) is 0 Å². The number of esters is 1. The lowest BCUT2D eigenvalue weighted by atomic mass is 10.1. The van der Waals surface area contributed by atoms with Gasteiger partial charge in [-0.05, 0) is 24.6 Å². The Morgan fingerprint density at radius 3 is 2.67 bits per heavy atom. The van der Waals surface area contributed by atoms with Crippen LogP contribution in [0.3, 0.4) is 0 Å². The van der Waals surface area contributed by atoms with E-state index in [2.05, 4.69) is 6.92 Å². The van der Waals surface area contributed by atoms with Crippen LogP contribution in [0.25, 0.3) is 0 Å². The number of anilines is 1. The summed E-state index contributed by atoms with van der Waals surface area (Å²) in [5, 5.41) is 0. The summed E-state index contributed by atoms with van der Waals surface area (Å²) in [4.78, 5) is 11.6. The Bertz CT molecular complexity index is 393. The van der Waals surface area contributed by atoms with Crippen molar-refractivity contribution in [1.82, 2.24) is 0 Å². The highest BCUT2D eigenvalue weighted by molar-refractivity contribution is 5.90. The van der Waals surface area contributed by atoms with Crippen LogP contribution in [0.1, 0.15) is 49.4 Å². The molecule has 0 atom stereocenters. The number of unbranched alkanes of at least 4 members (excludes halogenated alkanes) is 4. The predicted molar refractivity (Wildman–Crippen MR) is 69.9 cm³/mol. The fourth-order valence-electron chi connectivity index (χ4n) is 1.62. The van der Waals surface area contributed by atoms with Crippen LogP contribution >= 0.6 is 0 Å². The highest BCUT2D eigenvalue weighted by Gasteiger charge is 2.09. The molecule has 100 valence electrons. The molecule has 1 rings (SSSR count). The summed E-state index contributed by atoms with van der Waals surface area (Å²) >= 11 is 0. The minimum Gasteiger partial charge on any atom is -0.462 e. The van der Waals surface area contributed by atoms with Crippen LogP contribution in [0, 0.1) is 5.82 Å². The van der Waals surface area contributed by atoms with Crippen molar-refractivity contribution in [1.29, 1.82) is 0 Å². The van der Waals surface area contributed by atoms with Crippen molar-refractivity contribution in [3.8, 4) is 0 Å². The maximum absolute atomic E-state index is 12.9.